The first-order valence-corrected chi connectivity index (χ1v) is 8.61. The van der Waals surface area contributed by atoms with Crippen molar-refractivity contribution >= 4 is 0 Å². The van der Waals surface area contributed by atoms with E-state index in [2.05, 4.69) is 34.1 Å². The van der Waals surface area contributed by atoms with Crippen LogP contribution in [0.3, 0.4) is 0 Å². The molecule has 1 saturated heterocycles. The molecule has 1 heterocycles. The summed E-state index contributed by atoms with van der Waals surface area (Å²) < 4.78 is 5.40. The van der Waals surface area contributed by atoms with Gasteiger partial charge in [-0.15, -0.1) is 0 Å². The predicted octanol–water partition coefficient (Wildman–Crippen LogP) is 1.69. The molecule has 0 saturated carbocycles. The summed E-state index contributed by atoms with van der Waals surface area (Å²) in [5.74, 6) is 0. The highest BCUT2D eigenvalue weighted by Gasteiger charge is 2.27. The summed E-state index contributed by atoms with van der Waals surface area (Å²) in [4.78, 5) is 4.97. The molecule has 2 aliphatic rings. The Kier molecular flexibility index (Phi) is 5.84. The topological polar surface area (TPSA) is 35.9 Å². The van der Waals surface area contributed by atoms with E-state index in [1.807, 2.05) is 0 Å². The van der Waals surface area contributed by atoms with E-state index in [0.717, 1.165) is 45.9 Å². The molecule has 0 bridgehead atoms. The zero-order valence-electron chi connectivity index (χ0n) is 13.4. The number of aryl methyl sites for hydroxylation is 1. The van der Waals surface area contributed by atoms with Gasteiger partial charge in [-0.3, -0.25) is 9.80 Å². The molecule has 0 aromatic heterocycles. The Morgan fingerprint density at radius 3 is 2.82 bits per heavy atom. The summed E-state index contributed by atoms with van der Waals surface area (Å²) >= 11 is 0. The third-order valence-corrected chi connectivity index (χ3v) is 4.95. The lowest BCUT2D eigenvalue weighted by Gasteiger charge is -2.31. The van der Waals surface area contributed by atoms with Crippen LogP contribution in [0.4, 0.5) is 0 Å². The molecule has 1 aromatic carbocycles. The van der Waals surface area contributed by atoms with Crippen LogP contribution in [0.2, 0.25) is 0 Å². The summed E-state index contributed by atoms with van der Waals surface area (Å²) in [5, 5.41) is 9.42. The highest BCUT2D eigenvalue weighted by molar-refractivity contribution is 5.34. The Morgan fingerprint density at radius 1 is 1.18 bits per heavy atom. The molecular formula is C18H28N2O2. The number of fused-ring (bicyclic) bond motifs is 1. The van der Waals surface area contributed by atoms with E-state index >= 15 is 0 Å². The number of hydrogen-bond donors (Lipinski definition) is 1. The summed E-state index contributed by atoms with van der Waals surface area (Å²) in [6, 6.07) is 9.28. The summed E-state index contributed by atoms with van der Waals surface area (Å²) in [6.45, 7) is 7.10. The highest BCUT2D eigenvalue weighted by atomic mass is 16.5. The second kappa shape index (κ2) is 8.06. The lowest BCUT2D eigenvalue weighted by molar-refractivity contribution is 0.0349. The average Bonchev–Trinajstić information content (AvgIpc) is 2.99. The van der Waals surface area contributed by atoms with Crippen molar-refractivity contribution in [3.8, 4) is 0 Å². The van der Waals surface area contributed by atoms with Gasteiger partial charge in [-0.2, -0.15) is 0 Å². The van der Waals surface area contributed by atoms with Gasteiger partial charge in [-0.25, -0.2) is 0 Å². The molecule has 1 aromatic rings. The first-order valence-electron chi connectivity index (χ1n) is 8.61. The van der Waals surface area contributed by atoms with Gasteiger partial charge in [0, 0.05) is 32.2 Å². The number of rotatable bonds is 7. The molecule has 3 rings (SSSR count). The summed E-state index contributed by atoms with van der Waals surface area (Å²) in [7, 11) is 0. The van der Waals surface area contributed by atoms with Crippen molar-refractivity contribution in [1.29, 1.82) is 0 Å². The molecule has 1 aliphatic heterocycles. The Labute approximate surface area is 133 Å². The number of hydrogen-bond acceptors (Lipinski definition) is 4. The van der Waals surface area contributed by atoms with Gasteiger partial charge >= 0.3 is 0 Å². The van der Waals surface area contributed by atoms with Crippen molar-refractivity contribution in [2.75, 3.05) is 52.5 Å². The zero-order valence-corrected chi connectivity index (χ0v) is 13.4. The maximum atomic E-state index is 9.42. The Hall–Kier alpha value is -0.940. The third kappa shape index (κ3) is 3.87. The van der Waals surface area contributed by atoms with E-state index in [4.69, 9.17) is 4.74 Å². The van der Waals surface area contributed by atoms with Crippen LogP contribution < -0.4 is 0 Å². The van der Waals surface area contributed by atoms with Crippen LogP contribution >= 0.6 is 0 Å². The molecule has 1 unspecified atom stereocenters. The largest absolute Gasteiger partial charge is 0.395 e. The van der Waals surface area contributed by atoms with Gasteiger partial charge in [0.2, 0.25) is 0 Å². The van der Waals surface area contributed by atoms with Gasteiger partial charge in [0.15, 0.2) is 0 Å². The second-order valence-corrected chi connectivity index (χ2v) is 6.32. The quantitative estimate of drug-likeness (QED) is 0.831. The normalized spacial score (nSPS) is 22.2. The minimum Gasteiger partial charge on any atom is -0.395 e. The number of nitrogens with zero attached hydrogens (tertiary/aromatic N) is 2. The number of morpholine rings is 1. The molecule has 4 nitrogen and oxygen atoms in total. The van der Waals surface area contributed by atoms with Gasteiger partial charge < -0.3 is 9.84 Å². The van der Waals surface area contributed by atoms with Crippen LogP contribution in [-0.4, -0.2) is 67.5 Å². The average molecular weight is 304 g/mol. The maximum absolute atomic E-state index is 9.42. The van der Waals surface area contributed by atoms with Crippen molar-refractivity contribution in [3.05, 3.63) is 35.4 Å². The van der Waals surface area contributed by atoms with E-state index in [1.54, 1.807) is 0 Å². The highest BCUT2D eigenvalue weighted by Crippen LogP contribution is 2.35. The number of aliphatic hydroxyl groups is 1. The monoisotopic (exact) mass is 304 g/mol. The Bertz CT molecular complexity index is 460. The fourth-order valence-electron chi connectivity index (χ4n) is 3.79. The Morgan fingerprint density at radius 2 is 2.00 bits per heavy atom. The molecule has 0 spiro atoms. The molecule has 0 amide bonds. The van der Waals surface area contributed by atoms with E-state index < -0.39 is 0 Å². The molecule has 1 fully saturated rings. The molecule has 1 aliphatic carbocycles. The first-order chi connectivity index (χ1) is 10.9. The molecule has 4 heteroatoms. The molecule has 122 valence electrons. The van der Waals surface area contributed by atoms with Gasteiger partial charge in [-0.05, 0) is 36.9 Å². The smallest absolute Gasteiger partial charge is 0.0594 e. The van der Waals surface area contributed by atoms with Gasteiger partial charge in [0.1, 0.15) is 0 Å². The van der Waals surface area contributed by atoms with Crippen molar-refractivity contribution < 1.29 is 9.84 Å². The SMILES string of the molecule is OCCN(CCCN1CCOCC1)C1CCc2ccccc21. The standard InChI is InChI=1S/C18H28N2O2/c21-13-10-20(9-3-8-19-11-14-22-15-12-19)18-7-6-16-4-1-2-5-17(16)18/h1-2,4-5,18,21H,3,6-15H2. The van der Waals surface area contributed by atoms with E-state index in [1.165, 1.54) is 30.4 Å². The van der Waals surface area contributed by atoms with Gasteiger partial charge in [0.25, 0.3) is 0 Å². The van der Waals surface area contributed by atoms with Gasteiger partial charge in [-0.1, -0.05) is 24.3 Å². The van der Waals surface area contributed by atoms with Gasteiger partial charge in [0.05, 0.1) is 19.8 Å². The van der Waals surface area contributed by atoms with E-state index in [0.29, 0.717) is 6.04 Å². The van der Waals surface area contributed by atoms with Crippen LogP contribution in [0.25, 0.3) is 0 Å². The number of aliphatic hydroxyl groups excluding tert-OH is 1. The van der Waals surface area contributed by atoms with E-state index in [9.17, 15) is 5.11 Å². The minimum atomic E-state index is 0.246. The van der Waals surface area contributed by atoms with Crippen LogP contribution in [0, 0.1) is 0 Å². The van der Waals surface area contributed by atoms with Crippen molar-refractivity contribution in [1.82, 2.24) is 9.80 Å². The lowest BCUT2D eigenvalue weighted by Crippen LogP contribution is -2.39. The second-order valence-electron chi connectivity index (χ2n) is 6.32. The zero-order chi connectivity index (χ0) is 15.2. The van der Waals surface area contributed by atoms with Crippen LogP contribution in [0.1, 0.15) is 30.0 Å². The molecule has 1 N–H and O–H groups in total. The molecule has 0 radical (unpaired) electrons. The lowest BCUT2D eigenvalue weighted by atomic mass is 10.1. The number of ether oxygens (including phenoxy) is 1. The molecular weight excluding hydrogens is 276 g/mol. The summed E-state index contributed by atoms with van der Waals surface area (Å²) in [5.41, 5.74) is 2.96. The molecule has 22 heavy (non-hydrogen) atoms. The fourth-order valence-corrected chi connectivity index (χ4v) is 3.79. The minimum absolute atomic E-state index is 0.246. The third-order valence-electron chi connectivity index (χ3n) is 4.95. The Balaban J connectivity index is 1.54. The van der Waals surface area contributed by atoms with Crippen molar-refractivity contribution in [3.63, 3.8) is 0 Å². The van der Waals surface area contributed by atoms with Crippen LogP contribution in [0.15, 0.2) is 24.3 Å². The van der Waals surface area contributed by atoms with Crippen molar-refractivity contribution in [2.24, 2.45) is 0 Å². The van der Waals surface area contributed by atoms with Crippen LogP contribution in [-0.2, 0) is 11.2 Å². The summed E-state index contributed by atoms with van der Waals surface area (Å²) in [6.07, 6.45) is 3.53. The van der Waals surface area contributed by atoms with E-state index in [-0.39, 0.29) is 6.61 Å². The number of benzene rings is 1. The fraction of sp³-hybridized carbons (Fsp3) is 0.667. The van der Waals surface area contributed by atoms with Crippen LogP contribution in [0.5, 0.6) is 0 Å². The maximum Gasteiger partial charge on any atom is 0.0594 e. The predicted molar refractivity (Wildman–Crippen MR) is 88.0 cm³/mol. The van der Waals surface area contributed by atoms with Crippen molar-refractivity contribution in [2.45, 2.75) is 25.3 Å². The first kappa shape index (κ1) is 15.9. The molecule has 1 atom stereocenters.